The Morgan fingerprint density at radius 3 is 2.81 bits per heavy atom. The van der Waals surface area contributed by atoms with Gasteiger partial charge >= 0.3 is 6.18 Å². The number of imidazole rings is 1. The van der Waals surface area contributed by atoms with Crippen molar-refractivity contribution in [2.24, 2.45) is 0 Å². The lowest BCUT2D eigenvalue weighted by atomic mass is 10.2. The predicted molar refractivity (Wildman–Crippen MR) is 105 cm³/mol. The Hall–Kier alpha value is -3.60. The molecule has 31 heavy (non-hydrogen) atoms. The SMILES string of the molecule is O=C(Nc1cnn(Cc2cn3ccccc3n2)c1)c1cnc(OCC(F)(F)F)c(Cl)c1. The Kier molecular flexibility index (Phi) is 5.51. The second kappa shape index (κ2) is 8.26. The van der Waals surface area contributed by atoms with E-state index in [1.807, 2.05) is 35.0 Å². The molecule has 0 aliphatic rings. The monoisotopic (exact) mass is 450 g/mol. The number of hydrogen-bond donors (Lipinski definition) is 1. The number of hydrogen-bond acceptors (Lipinski definition) is 5. The number of nitrogens with zero attached hydrogens (tertiary/aromatic N) is 5. The van der Waals surface area contributed by atoms with Crippen LogP contribution in [0.4, 0.5) is 18.9 Å². The third-order valence-electron chi connectivity index (χ3n) is 4.07. The second-order valence-electron chi connectivity index (χ2n) is 6.49. The van der Waals surface area contributed by atoms with Crippen LogP contribution >= 0.6 is 11.6 Å². The molecule has 160 valence electrons. The molecule has 4 aromatic heterocycles. The highest BCUT2D eigenvalue weighted by molar-refractivity contribution is 6.32. The number of alkyl halides is 3. The molecule has 0 unspecified atom stereocenters. The molecule has 1 N–H and O–H groups in total. The molecule has 0 spiro atoms. The summed E-state index contributed by atoms with van der Waals surface area (Å²) in [4.78, 5) is 20.6. The summed E-state index contributed by atoms with van der Waals surface area (Å²) in [5.41, 5.74) is 2.07. The first kappa shape index (κ1) is 20.7. The number of ether oxygens (including phenoxy) is 1. The molecule has 4 rings (SSSR count). The molecule has 0 radical (unpaired) electrons. The van der Waals surface area contributed by atoms with Crippen molar-refractivity contribution in [1.82, 2.24) is 24.1 Å². The van der Waals surface area contributed by atoms with Gasteiger partial charge in [0, 0.05) is 24.8 Å². The second-order valence-corrected chi connectivity index (χ2v) is 6.90. The summed E-state index contributed by atoms with van der Waals surface area (Å²) in [5.74, 6) is -0.958. The normalized spacial score (nSPS) is 11.6. The summed E-state index contributed by atoms with van der Waals surface area (Å²) in [5, 5.41) is 6.61. The average molecular weight is 451 g/mol. The van der Waals surface area contributed by atoms with Gasteiger partial charge in [-0.2, -0.15) is 18.3 Å². The summed E-state index contributed by atoms with van der Waals surface area (Å²) >= 11 is 5.87. The van der Waals surface area contributed by atoms with Crippen LogP contribution in [0.5, 0.6) is 5.88 Å². The van der Waals surface area contributed by atoms with Crippen molar-refractivity contribution in [2.75, 3.05) is 11.9 Å². The van der Waals surface area contributed by atoms with Crippen LogP contribution in [0.25, 0.3) is 5.65 Å². The lowest BCUT2D eigenvalue weighted by Crippen LogP contribution is -2.20. The van der Waals surface area contributed by atoms with E-state index in [2.05, 4.69) is 25.1 Å². The quantitative estimate of drug-likeness (QED) is 0.482. The third kappa shape index (κ3) is 5.12. The molecule has 0 atom stereocenters. The largest absolute Gasteiger partial charge is 0.467 e. The average Bonchev–Trinajstić information content (AvgIpc) is 3.32. The van der Waals surface area contributed by atoms with Gasteiger partial charge in [0.15, 0.2) is 6.61 Å². The molecule has 4 heterocycles. The molecule has 0 aromatic carbocycles. The fourth-order valence-electron chi connectivity index (χ4n) is 2.75. The number of halogens is 4. The van der Waals surface area contributed by atoms with Crippen LogP contribution in [-0.4, -0.2) is 42.8 Å². The summed E-state index contributed by atoms with van der Waals surface area (Å²) < 4.78 is 44.7. The van der Waals surface area contributed by atoms with E-state index in [0.717, 1.165) is 17.5 Å². The van der Waals surface area contributed by atoms with Crippen LogP contribution < -0.4 is 10.1 Å². The van der Waals surface area contributed by atoms with Gasteiger partial charge in [0.2, 0.25) is 5.88 Å². The minimum atomic E-state index is -4.52. The Labute approximate surface area is 178 Å². The van der Waals surface area contributed by atoms with Crippen molar-refractivity contribution in [2.45, 2.75) is 12.7 Å². The highest BCUT2D eigenvalue weighted by Gasteiger charge is 2.29. The van der Waals surface area contributed by atoms with Crippen LogP contribution in [0.3, 0.4) is 0 Å². The van der Waals surface area contributed by atoms with Crippen molar-refractivity contribution in [3.05, 3.63) is 71.5 Å². The maximum Gasteiger partial charge on any atom is 0.422 e. The molecule has 0 saturated heterocycles. The van der Waals surface area contributed by atoms with E-state index >= 15 is 0 Å². The first-order chi connectivity index (χ1) is 14.8. The maximum atomic E-state index is 12.4. The number of aromatic nitrogens is 5. The van der Waals surface area contributed by atoms with E-state index in [1.165, 1.54) is 12.3 Å². The number of anilines is 1. The molecule has 0 aliphatic carbocycles. The van der Waals surface area contributed by atoms with Gasteiger partial charge in [-0.25, -0.2) is 9.97 Å². The van der Waals surface area contributed by atoms with Crippen molar-refractivity contribution >= 4 is 28.8 Å². The Morgan fingerprint density at radius 1 is 1.23 bits per heavy atom. The number of fused-ring (bicyclic) bond motifs is 1. The van der Waals surface area contributed by atoms with E-state index < -0.39 is 24.6 Å². The Morgan fingerprint density at radius 2 is 2.06 bits per heavy atom. The van der Waals surface area contributed by atoms with Crippen molar-refractivity contribution in [3.8, 4) is 5.88 Å². The van der Waals surface area contributed by atoms with Gasteiger partial charge in [-0.15, -0.1) is 0 Å². The van der Waals surface area contributed by atoms with Gasteiger partial charge in [-0.1, -0.05) is 17.7 Å². The molecule has 0 fully saturated rings. The van der Waals surface area contributed by atoms with E-state index in [4.69, 9.17) is 11.6 Å². The highest BCUT2D eigenvalue weighted by atomic mass is 35.5. The third-order valence-corrected chi connectivity index (χ3v) is 4.34. The predicted octanol–water partition coefficient (Wildman–Crippen LogP) is 3.82. The van der Waals surface area contributed by atoms with E-state index in [9.17, 15) is 18.0 Å². The Balaban J connectivity index is 1.40. The van der Waals surface area contributed by atoms with Crippen LogP contribution in [0, 0.1) is 0 Å². The number of amides is 1. The van der Waals surface area contributed by atoms with Crippen molar-refractivity contribution < 1.29 is 22.7 Å². The van der Waals surface area contributed by atoms with E-state index in [1.54, 1.807) is 10.9 Å². The molecule has 4 aromatic rings. The van der Waals surface area contributed by atoms with Gasteiger partial charge in [0.05, 0.1) is 29.7 Å². The van der Waals surface area contributed by atoms with Gasteiger partial charge in [-0.05, 0) is 18.2 Å². The minimum Gasteiger partial charge on any atom is -0.467 e. The first-order valence-corrected chi connectivity index (χ1v) is 9.26. The molecule has 12 heteroatoms. The van der Waals surface area contributed by atoms with Crippen LogP contribution in [0.1, 0.15) is 16.1 Å². The Bertz CT molecular complexity index is 1200. The van der Waals surface area contributed by atoms with Gasteiger partial charge in [0.25, 0.3) is 5.91 Å². The first-order valence-electron chi connectivity index (χ1n) is 8.88. The zero-order chi connectivity index (χ0) is 22.0. The lowest BCUT2D eigenvalue weighted by Gasteiger charge is -2.10. The standard InChI is InChI=1S/C19H14ClF3N6O2/c20-15-5-12(6-24-18(15)31-11-19(21,22)23)17(30)27-13-7-25-29(9-13)10-14-8-28-4-2-1-3-16(28)26-14/h1-9H,10-11H2,(H,27,30). The van der Waals surface area contributed by atoms with Crippen molar-refractivity contribution in [1.29, 1.82) is 0 Å². The number of rotatable bonds is 6. The van der Waals surface area contributed by atoms with Crippen LogP contribution in [0.2, 0.25) is 5.02 Å². The topological polar surface area (TPSA) is 86.3 Å². The summed E-state index contributed by atoms with van der Waals surface area (Å²) in [6.07, 6.45) is 3.41. The van der Waals surface area contributed by atoms with Gasteiger partial charge in [-0.3, -0.25) is 9.48 Å². The fourth-order valence-corrected chi connectivity index (χ4v) is 2.97. The van der Waals surface area contributed by atoms with E-state index in [0.29, 0.717) is 12.2 Å². The number of nitrogens with one attached hydrogen (secondary N) is 1. The molecular formula is C19H14ClF3N6O2. The van der Waals surface area contributed by atoms with Gasteiger partial charge < -0.3 is 14.5 Å². The zero-order valence-electron chi connectivity index (χ0n) is 15.7. The van der Waals surface area contributed by atoms with Gasteiger partial charge in [0.1, 0.15) is 10.7 Å². The lowest BCUT2D eigenvalue weighted by molar-refractivity contribution is -0.154. The zero-order valence-corrected chi connectivity index (χ0v) is 16.4. The molecule has 8 nitrogen and oxygen atoms in total. The van der Waals surface area contributed by atoms with Crippen molar-refractivity contribution in [3.63, 3.8) is 0 Å². The summed E-state index contributed by atoms with van der Waals surface area (Å²) in [6, 6.07) is 6.85. The summed E-state index contributed by atoms with van der Waals surface area (Å²) in [7, 11) is 0. The summed E-state index contributed by atoms with van der Waals surface area (Å²) in [6.45, 7) is -1.13. The molecule has 0 aliphatic heterocycles. The smallest absolute Gasteiger partial charge is 0.422 e. The molecule has 0 bridgehead atoms. The number of pyridine rings is 2. The maximum absolute atomic E-state index is 12.4. The molecular weight excluding hydrogens is 437 g/mol. The fraction of sp³-hybridized carbons (Fsp3) is 0.158. The molecule has 0 saturated carbocycles. The number of carbonyl (C=O) groups is 1. The minimum absolute atomic E-state index is 0.0532. The highest BCUT2D eigenvalue weighted by Crippen LogP contribution is 2.25. The molecule has 1 amide bonds. The van der Waals surface area contributed by atoms with Crippen LogP contribution in [-0.2, 0) is 6.54 Å². The van der Waals surface area contributed by atoms with E-state index in [-0.39, 0.29) is 10.6 Å². The number of carbonyl (C=O) groups excluding carboxylic acids is 1. The van der Waals surface area contributed by atoms with Crippen LogP contribution in [0.15, 0.2) is 55.2 Å².